The summed E-state index contributed by atoms with van der Waals surface area (Å²) in [5.74, 6) is -0.925. The van der Waals surface area contributed by atoms with Crippen molar-refractivity contribution in [2.75, 3.05) is 19.7 Å². The van der Waals surface area contributed by atoms with Crippen LogP contribution in [0.1, 0.15) is 40.1 Å². The summed E-state index contributed by atoms with van der Waals surface area (Å²) in [5, 5.41) is 0. The van der Waals surface area contributed by atoms with E-state index in [1.54, 1.807) is 41.3 Å². The Balaban J connectivity index is 1.98. The van der Waals surface area contributed by atoms with Crippen molar-refractivity contribution in [1.82, 2.24) is 4.90 Å². The fourth-order valence-corrected chi connectivity index (χ4v) is 2.39. The normalized spacial score (nSPS) is 10.2. The van der Waals surface area contributed by atoms with Gasteiger partial charge in [-0.25, -0.2) is 4.79 Å². The van der Waals surface area contributed by atoms with E-state index in [2.05, 4.69) is 0 Å². The lowest BCUT2D eigenvalue weighted by atomic mass is 10.0. The lowest BCUT2D eigenvalue weighted by Crippen LogP contribution is -2.34. The predicted octanol–water partition coefficient (Wildman–Crippen LogP) is 2.94. The first kappa shape index (κ1) is 18.4. The van der Waals surface area contributed by atoms with Crippen LogP contribution >= 0.6 is 0 Å². The molecule has 0 aliphatic heterocycles. The van der Waals surface area contributed by atoms with E-state index in [0.29, 0.717) is 29.8 Å². The number of carbonyl (C=O) groups is 3. The monoisotopic (exact) mass is 339 g/mol. The summed E-state index contributed by atoms with van der Waals surface area (Å²) in [6, 6.07) is 15.1. The Hall–Kier alpha value is -2.95. The van der Waals surface area contributed by atoms with Crippen LogP contribution in [0, 0.1) is 0 Å². The van der Waals surface area contributed by atoms with E-state index >= 15 is 0 Å². The average Bonchev–Trinajstić information content (AvgIpc) is 2.67. The second-order valence-corrected chi connectivity index (χ2v) is 5.41. The van der Waals surface area contributed by atoms with Crippen LogP contribution in [-0.4, -0.2) is 42.3 Å². The maximum Gasteiger partial charge on any atom is 0.338 e. The molecule has 0 saturated carbocycles. The van der Waals surface area contributed by atoms with E-state index in [4.69, 9.17) is 4.74 Å². The Morgan fingerprint density at radius 1 is 0.800 bits per heavy atom. The van der Waals surface area contributed by atoms with Crippen molar-refractivity contribution in [2.45, 2.75) is 13.8 Å². The molecule has 0 radical (unpaired) electrons. The van der Waals surface area contributed by atoms with E-state index < -0.39 is 5.97 Å². The average molecular weight is 339 g/mol. The van der Waals surface area contributed by atoms with Crippen LogP contribution in [-0.2, 0) is 9.53 Å². The molecule has 5 nitrogen and oxygen atoms in total. The number of ketones is 1. The number of carbonyl (C=O) groups excluding carboxylic acids is 3. The lowest BCUT2D eigenvalue weighted by molar-refractivity contribution is -0.134. The Morgan fingerprint density at radius 2 is 1.32 bits per heavy atom. The molecule has 0 aromatic heterocycles. The summed E-state index contributed by atoms with van der Waals surface area (Å²) < 4.78 is 5.04. The Labute approximate surface area is 147 Å². The number of ether oxygens (including phenoxy) is 1. The van der Waals surface area contributed by atoms with Crippen molar-refractivity contribution in [2.24, 2.45) is 0 Å². The molecule has 0 aliphatic carbocycles. The highest BCUT2D eigenvalue weighted by Crippen LogP contribution is 2.12. The van der Waals surface area contributed by atoms with Crippen LogP contribution in [0.15, 0.2) is 54.6 Å². The van der Waals surface area contributed by atoms with E-state index in [0.717, 1.165) is 0 Å². The molecule has 1 amide bonds. The summed E-state index contributed by atoms with van der Waals surface area (Å²) in [5.41, 5.74) is 1.38. The second kappa shape index (κ2) is 8.78. The fourth-order valence-electron chi connectivity index (χ4n) is 2.39. The minimum Gasteiger partial charge on any atom is -0.452 e. The maximum atomic E-state index is 12.3. The van der Waals surface area contributed by atoms with E-state index in [1.807, 2.05) is 19.9 Å². The number of nitrogens with zero attached hydrogens (tertiary/aromatic N) is 1. The number of hydrogen-bond acceptors (Lipinski definition) is 4. The molecule has 25 heavy (non-hydrogen) atoms. The molecule has 130 valence electrons. The molecular formula is C20H21NO4. The van der Waals surface area contributed by atoms with E-state index in [9.17, 15) is 14.4 Å². The van der Waals surface area contributed by atoms with Gasteiger partial charge in [0.2, 0.25) is 0 Å². The van der Waals surface area contributed by atoms with Gasteiger partial charge in [-0.2, -0.15) is 0 Å². The number of hydrogen-bond donors (Lipinski definition) is 0. The molecule has 2 aromatic rings. The van der Waals surface area contributed by atoms with E-state index in [-0.39, 0.29) is 18.3 Å². The number of likely N-dealkylation sites (N-methyl/N-ethyl adjacent to an activating group) is 1. The summed E-state index contributed by atoms with van der Waals surface area (Å²) in [7, 11) is 0. The molecule has 0 fully saturated rings. The minimum absolute atomic E-state index is 0.114. The zero-order valence-electron chi connectivity index (χ0n) is 14.4. The number of benzene rings is 2. The molecule has 0 heterocycles. The van der Waals surface area contributed by atoms with Crippen LogP contribution < -0.4 is 0 Å². The van der Waals surface area contributed by atoms with Crippen LogP contribution in [0.3, 0.4) is 0 Å². The Kier molecular flexibility index (Phi) is 6.46. The first-order valence-corrected chi connectivity index (χ1v) is 8.21. The second-order valence-electron chi connectivity index (χ2n) is 5.41. The topological polar surface area (TPSA) is 63.7 Å². The van der Waals surface area contributed by atoms with Crippen LogP contribution in [0.2, 0.25) is 0 Å². The smallest absolute Gasteiger partial charge is 0.338 e. The largest absolute Gasteiger partial charge is 0.452 e. The van der Waals surface area contributed by atoms with Gasteiger partial charge in [-0.05, 0) is 26.0 Å². The SMILES string of the molecule is CCN(CC)C(=O)COC(=O)c1ccc(C(=O)c2ccccc2)cc1. The highest BCUT2D eigenvalue weighted by atomic mass is 16.5. The third kappa shape index (κ3) is 4.76. The third-order valence-electron chi connectivity index (χ3n) is 3.86. The molecule has 0 aliphatic rings. The molecule has 0 N–H and O–H groups in total. The van der Waals surface area contributed by atoms with Crippen molar-refractivity contribution in [3.8, 4) is 0 Å². The van der Waals surface area contributed by atoms with Crippen molar-refractivity contribution < 1.29 is 19.1 Å². The van der Waals surface area contributed by atoms with Crippen LogP contribution in [0.25, 0.3) is 0 Å². The van der Waals surface area contributed by atoms with Gasteiger partial charge < -0.3 is 9.64 Å². The van der Waals surface area contributed by atoms with Gasteiger partial charge >= 0.3 is 5.97 Å². The lowest BCUT2D eigenvalue weighted by Gasteiger charge is -2.18. The molecule has 0 atom stereocenters. The summed E-state index contributed by atoms with van der Waals surface area (Å²) >= 11 is 0. The van der Waals surface area contributed by atoms with Gasteiger partial charge in [-0.1, -0.05) is 42.5 Å². The molecular weight excluding hydrogens is 318 g/mol. The Bertz CT molecular complexity index is 734. The van der Waals surface area contributed by atoms with Crippen LogP contribution in [0.5, 0.6) is 0 Å². The number of amides is 1. The summed E-state index contributed by atoms with van der Waals surface area (Å²) in [6.45, 7) is 4.59. The predicted molar refractivity (Wildman–Crippen MR) is 94.5 cm³/mol. The van der Waals surface area contributed by atoms with Crippen molar-refractivity contribution in [3.05, 3.63) is 71.3 Å². The number of rotatable bonds is 7. The highest BCUT2D eigenvalue weighted by molar-refractivity contribution is 6.09. The zero-order valence-corrected chi connectivity index (χ0v) is 14.4. The van der Waals surface area contributed by atoms with Crippen molar-refractivity contribution >= 4 is 17.7 Å². The van der Waals surface area contributed by atoms with Gasteiger partial charge in [0.15, 0.2) is 12.4 Å². The van der Waals surface area contributed by atoms with Gasteiger partial charge in [-0.15, -0.1) is 0 Å². The van der Waals surface area contributed by atoms with Crippen molar-refractivity contribution in [3.63, 3.8) is 0 Å². The fraction of sp³-hybridized carbons (Fsp3) is 0.250. The summed E-state index contributed by atoms with van der Waals surface area (Å²) in [4.78, 5) is 37.8. The van der Waals surface area contributed by atoms with Gasteiger partial charge in [0.25, 0.3) is 5.91 Å². The zero-order chi connectivity index (χ0) is 18.2. The minimum atomic E-state index is -0.584. The summed E-state index contributed by atoms with van der Waals surface area (Å²) in [6.07, 6.45) is 0. The van der Waals surface area contributed by atoms with Gasteiger partial charge in [-0.3, -0.25) is 9.59 Å². The molecule has 5 heteroatoms. The molecule has 0 unspecified atom stereocenters. The first-order valence-electron chi connectivity index (χ1n) is 8.21. The Morgan fingerprint density at radius 3 is 1.88 bits per heavy atom. The molecule has 0 bridgehead atoms. The quantitative estimate of drug-likeness (QED) is 0.575. The van der Waals surface area contributed by atoms with Gasteiger partial charge in [0.05, 0.1) is 5.56 Å². The standard InChI is InChI=1S/C20H21NO4/c1-3-21(4-2)18(22)14-25-20(24)17-12-10-16(11-13-17)19(23)15-8-6-5-7-9-15/h5-13H,3-4,14H2,1-2H3. The highest BCUT2D eigenvalue weighted by Gasteiger charge is 2.15. The molecule has 2 aromatic carbocycles. The van der Waals surface area contributed by atoms with Gasteiger partial charge in [0.1, 0.15) is 0 Å². The van der Waals surface area contributed by atoms with Crippen molar-refractivity contribution in [1.29, 1.82) is 0 Å². The maximum absolute atomic E-state index is 12.3. The first-order chi connectivity index (χ1) is 12.1. The van der Waals surface area contributed by atoms with E-state index in [1.165, 1.54) is 12.1 Å². The molecule has 0 saturated heterocycles. The van der Waals surface area contributed by atoms with Crippen LogP contribution in [0.4, 0.5) is 0 Å². The third-order valence-corrected chi connectivity index (χ3v) is 3.86. The molecule has 0 spiro atoms. The number of esters is 1. The van der Waals surface area contributed by atoms with Gasteiger partial charge in [0, 0.05) is 24.2 Å². The molecule has 2 rings (SSSR count).